The van der Waals surface area contributed by atoms with E-state index in [-0.39, 0.29) is 45.7 Å². The Morgan fingerprint density at radius 2 is 1.21 bits per heavy atom. The van der Waals surface area contributed by atoms with Crippen LogP contribution >= 0.6 is 23.2 Å². The standard InChI is InChI=1S/C20H24ClN3O4S.C11H14N2O2S.C9H12ClN.2H2O/c21-16-8-6-15(7-9-16)3-2-14-22-19-4-1-5-20(19)23-29(27,28)18-12-10-17(11-13-18)24(25)26;12-8-4-6-9(7-5-8)16(14,15)13-10-2-1-3-11(10)13;10-9-5-3-8(4-6-9)2-1-7-11;;/h6-13,19-20,22-23H,1-5,14H2;4-7,10-11H,1-3,12H2;3-6H,1-2,7,11H2;2*1H2/t19-,20-;;;;/m1..../s1. The molecule has 1 aliphatic heterocycles. The zero-order valence-electron chi connectivity index (χ0n) is 32.2. The Balaban J connectivity index is 0.000000260. The maximum absolute atomic E-state index is 12.6. The monoisotopic (exact) mass is 880 g/mol. The molecule has 0 radical (unpaired) electrons. The molecule has 58 heavy (non-hydrogen) atoms. The average Bonchev–Trinajstić information content (AvgIpc) is 3.43. The SMILES string of the molecule is NCCCc1ccc(Cl)cc1.O.O=[N+]([O-])c1ccc(S(=O)(=O)N[C@@H]2CCC[C@H]2NCCCc2ccc(Cl)cc2)cc1.[NH3+]c1ccc(S(=O)(=O)N2C3CCCC32)cc1.[OH-]. The van der Waals surface area contributed by atoms with Gasteiger partial charge in [0.1, 0.15) is 5.69 Å². The fraction of sp³-hybridized carbons (Fsp3) is 0.400. The number of sulfonamides is 2. The number of nitrogens with zero attached hydrogens (tertiary/aromatic N) is 2. The van der Waals surface area contributed by atoms with Crippen LogP contribution in [0, 0.1) is 10.1 Å². The molecule has 1 heterocycles. The minimum Gasteiger partial charge on any atom is -0.870 e. The second-order valence-corrected chi connectivity index (χ2v) is 18.7. The third-order valence-electron chi connectivity index (χ3n) is 10.2. The zero-order chi connectivity index (χ0) is 40.3. The first-order chi connectivity index (χ1) is 26.8. The molecule has 4 atom stereocenters. The topological polar surface area (TPSA) is 254 Å². The number of aryl methyl sites for hydroxylation is 2. The first-order valence-corrected chi connectivity index (χ1v) is 22.6. The largest absolute Gasteiger partial charge is 0.870 e. The number of rotatable bonds is 14. The number of piperidine rings is 1. The van der Waals surface area contributed by atoms with Gasteiger partial charge in [0.05, 0.1) is 14.7 Å². The molecule has 18 heteroatoms. The molecule has 2 saturated carbocycles. The van der Waals surface area contributed by atoms with E-state index in [1.807, 2.05) is 48.5 Å². The number of fused-ring (bicyclic) bond motifs is 1. The van der Waals surface area contributed by atoms with Crippen LogP contribution < -0.4 is 21.5 Å². The van der Waals surface area contributed by atoms with Gasteiger partial charge in [-0.3, -0.25) is 10.1 Å². The molecular formula is C40H54Cl2N6O8S2. The number of benzene rings is 4. The van der Waals surface area contributed by atoms with Crippen LogP contribution in [0.1, 0.15) is 62.5 Å². The quantitative estimate of drug-likeness (QED) is 0.0548. The number of nitro groups is 1. The number of nitrogens with one attached hydrogen (secondary N) is 2. The van der Waals surface area contributed by atoms with E-state index in [4.69, 9.17) is 28.9 Å². The Kier molecular flexibility index (Phi) is 19.2. The molecular weight excluding hydrogens is 828 g/mol. The van der Waals surface area contributed by atoms with Crippen LogP contribution in [-0.2, 0) is 32.9 Å². The second kappa shape index (κ2) is 22.7. The molecule has 3 fully saturated rings. The number of nitro benzene ring substituents is 1. The summed E-state index contributed by atoms with van der Waals surface area (Å²) in [4.78, 5) is 10.6. The summed E-state index contributed by atoms with van der Waals surface area (Å²) in [5.74, 6) is 0. The summed E-state index contributed by atoms with van der Waals surface area (Å²) < 4.78 is 54.1. The fourth-order valence-corrected chi connectivity index (χ4v) is 10.6. The summed E-state index contributed by atoms with van der Waals surface area (Å²) in [5, 5.41) is 15.7. The summed E-state index contributed by atoms with van der Waals surface area (Å²) in [6, 6.07) is 27.9. The van der Waals surface area contributed by atoms with Crippen molar-refractivity contribution >= 4 is 54.6 Å². The second-order valence-electron chi connectivity index (χ2n) is 14.3. The molecule has 0 bridgehead atoms. The van der Waals surface area contributed by atoms with Crippen molar-refractivity contribution in [3.63, 3.8) is 0 Å². The van der Waals surface area contributed by atoms with Crippen molar-refractivity contribution in [1.82, 2.24) is 14.3 Å². The van der Waals surface area contributed by atoms with Crippen LogP contribution in [0.3, 0.4) is 0 Å². The molecule has 10 N–H and O–H groups in total. The minimum atomic E-state index is -3.72. The van der Waals surface area contributed by atoms with Gasteiger partial charge in [-0.15, -0.1) is 0 Å². The van der Waals surface area contributed by atoms with Crippen LogP contribution in [0.4, 0.5) is 11.4 Å². The first kappa shape index (κ1) is 48.8. The van der Waals surface area contributed by atoms with E-state index < -0.39 is 25.0 Å². The van der Waals surface area contributed by atoms with Crippen molar-refractivity contribution in [3.05, 3.63) is 128 Å². The smallest absolute Gasteiger partial charge is 0.269 e. The third kappa shape index (κ3) is 13.8. The number of nitrogens with two attached hydrogens (primary N) is 1. The number of quaternary nitrogens is 1. The van der Waals surface area contributed by atoms with Gasteiger partial charge in [-0.25, -0.2) is 21.6 Å². The van der Waals surface area contributed by atoms with E-state index in [9.17, 15) is 26.9 Å². The number of hydrogen-bond acceptors (Lipinski definition) is 9. The molecule has 1 saturated heterocycles. The van der Waals surface area contributed by atoms with Gasteiger partial charge < -0.3 is 27.7 Å². The van der Waals surface area contributed by atoms with Crippen molar-refractivity contribution in [3.8, 4) is 0 Å². The van der Waals surface area contributed by atoms with Gasteiger partial charge in [0.15, 0.2) is 0 Å². The van der Waals surface area contributed by atoms with Gasteiger partial charge in [-0.2, -0.15) is 4.31 Å². The van der Waals surface area contributed by atoms with E-state index in [2.05, 4.69) is 15.8 Å². The lowest BCUT2D eigenvalue weighted by Gasteiger charge is -2.22. The molecule has 0 amide bonds. The summed E-state index contributed by atoms with van der Waals surface area (Å²) >= 11 is 11.6. The zero-order valence-corrected chi connectivity index (χ0v) is 35.3. The van der Waals surface area contributed by atoms with Crippen LogP contribution in [0.2, 0.25) is 10.0 Å². The molecule has 14 nitrogen and oxygen atoms in total. The lowest BCUT2D eigenvalue weighted by Crippen LogP contribution is -2.46. The lowest BCUT2D eigenvalue weighted by molar-refractivity contribution is -0.384. The normalized spacial score (nSPS) is 20.5. The molecule has 2 unspecified atom stereocenters. The molecule has 7 rings (SSSR count). The highest BCUT2D eigenvalue weighted by Gasteiger charge is 2.57. The van der Waals surface area contributed by atoms with E-state index >= 15 is 0 Å². The summed E-state index contributed by atoms with van der Waals surface area (Å²) in [6.07, 6.45) is 9.80. The third-order valence-corrected chi connectivity index (χ3v) is 14.2. The number of non-ortho nitro benzene ring substituents is 1. The van der Waals surface area contributed by atoms with Crippen LogP contribution in [0.15, 0.2) is 107 Å². The number of halogens is 2. The molecule has 3 aliphatic rings. The highest BCUT2D eigenvalue weighted by Crippen LogP contribution is 2.46. The summed E-state index contributed by atoms with van der Waals surface area (Å²) in [5.41, 5.74) is 12.4. The van der Waals surface area contributed by atoms with Crippen LogP contribution in [0.25, 0.3) is 0 Å². The fourth-order valence-electron chi connectivity index (χ4n) is 7.17. The summed E-state index contributed by atoms with van der Waals surface area (Å²) in [7, 11) is -6.96. The van der Waals surface area contributed by atoms with Crippen molar-refractivity contribution in [2.75, 3.05) is 13.1 Å². The predicted octanol–water partition coefficient (Wildman–Crippen LogP) is 5.39. The maximum Gasteiger partial charge on any atom is 0.269 e. The lowest BCUT2D eigenvalue weighted by atomic mass is 10.1. The van der Waals surface area contributed by atoms with Gasteiger partial charge >= 0.3 is 0 Å². The highest BCUT2D eigenvalue weighted by molar-refractivity contribution is 7.89. The number of hydrogen-bond donors (Lipinski definition) is 4. The van der Waals surface area contributed by atoms with Crippen LogP contribution in [0.5, 0.6) is 0 Å². The van der Waals surface area contributed by atoms with E-state index in [0.29, 0.717) is 4.90 Å². The van der Waals surface area contributed by atoms with Crippen molar-refractivity contribution in [2.24, 2.45) is 5.73 Å². The van der Waals surface area contributed by atoms with E-state index in [1.165, 1.54) is 41.8 Å². The van der Waals surface area contributed by atoms with Crippen LogP contribution in [-0.4, -0.2) is 74.3 Å². The van der Waals surface area contributed by atoms with E-state index in [0.717, 1.165) is 86.6 Å². The van der Waals surface area contributed by atoms with Gasteiger partial charge in [0.25, 0.3) is 5.69 Å². The Labute approximate surface area is 351 Å². The van der Waals surface area contributed by atoms with Crippen molar-refractivity contribution in [2.45, 2.75) is 98.2 Å². The maximum atomic E-state index is 12.6. The van der Waals surface area contributed by atoms with Gasteiger partial charge in [-0.05, 0) is 124 Å². The van der Waals surface area contributed by atoms with Gasteiger partial charge in [0.2, 0.25) is 20.0 Å². The molecule has 0 aromatic heterocycles. The predicted molar refractivity (Wildman–Crippen MR) is 226 cm³/mol. The molecule has 0 spiro atoms. The molecule has 4 aromatic carbocycles. The first-order valence-electron chi connectivity index (χ1n) is 18.9. The minimum absolute atomic E-state index is 0. The Morgan fingerprint density at radius 3 is 1.72 bits per heavy atom. The highest BCUT2D eigenvalue weighted by atomic mass is 35.5. The Hall–Kier alpha value is -3.52. The molecule has 318 valence electrons. The van der Waals surface area contributed by atoms with Gasteiger partial charge in [-0.1, -0.05) is 60.3 Å². The van der Waals surface area contributed by atoms with Gasteiger partial charge in [0, 0.05) is 58.5 Å². The van der Waals surface area contributed by atoms with Crippen molar-refractivity contribution < 1.29 is 38.4 Å². The average molecular weight is 882 g/mol. The van der Waals surface area contributed by atoms with E-state index in [1.54, 1.807) is 28.6 Å². The molecule has 2 aliphatic carbocycles. The summed E-state index contributed by atoms with van der Waals surface area (Å²) in [6.45, 7) is 1.55. The Bertz CT molecular complexity index is 2090. The Morgan fingerprint density at radius 1 is 0.724 bits per heavy atom. The molecule has 4 aromatic rings. The van der Waals surface area contributed by atoms with Crippen molar-refractivity contribution in [1.29, 1.82) is 0 Å².